The Morgan fingerprint density at radius 1 is 1.30 bits per heavy atom. The Balaban J connectivity index is 1.93. The standard InChI is InChI=1S/C16H21N3O2S2/c1-5-6-22-16-19-18-15(23-16)17-14(20)12(4)21-13-8-10(2)7-11(3)9-13/h7-9,12H,5-6H2,1-4H3,(H,17,18,20)/t12-/m1/s1. The van der Waals surface area contributed by atoms with E-state index in [2.05, 4.69) is 28.5 Å². The summed E-state index contributed by atoms with van der Waals surface area (Å²) in [5, 5.41) is 11.3. The van der Waals surface area contributed by atoms with E-state index in [1.165, 1.54) is 11.3 Å². The van der Waals surface area contributed by atoms with Crippen LogP contribution in [0.25, 0.3) is 0 Å². The number of nitrogens with zero attached hydrogens (tertiary/aromatic N) is 2. The second-order valence-corrected chi connectivity index (χ2v) is 7.61. The van der Waals surface area contributed by atoms with Gasteiger partial charge in [-0.15, -0.1) is 10.2 Å². The van der Waals surface area contributed by atoms with Gasteiger partial charge >= 0.3 is 0 Å². The zero-order valence-corrected chi connectivity index (χ0v) is 15.4. The molecular formula is C16H21N3O2S2. The Morgan fingerprint density at radius 2 is 2.00 bits per heavy atom. The number of rotatable bonds is 7. The Bertz CT molecular complexity index is 653. The van der Waals surface area contributed by atoms with Crippen LogP contribution >= 0.6 is 23.1 Å². The SMILES string of the molecule is CCCSc1nnc(NC(=O)[C@@H](C)Oc2cc(C)cc(C)c2)s1. The summed E-state index contributed by atoms with van der Waals surface area (Å²) in [6.07, 6.45) is 0.471. The number of anilines is 1. The minimum atomic E-state index is -0.605. The molecule has 23 heavy (non-hydrogen) atoms. The van der Waals surface area contributed by atoms with Crippen LogP contribution in [0.5, 0.6) is 5.75 Å². The molecule has 1 aromatic heterocycles. The molecular weight excluding hydrogens is 330 g/mol. The highest BCUT2D eigenvalue weighted by Gasteiger charge is 2.17. The fourth-order valence-electron chi connectivity index (χ4n) is 1.97. The van der Waals surface area contributed by atoms with Crippen LogP contribution in [0.3, 0.4) is 0 Å². The quantitative estimate of drug-likeness (QED) is 0.602. The van der Waals surface area contributed by atoms with Gasteiger partial charge in [-0.2, -0.15) is 0 Å². The number of amides is 1. The van der Waals surface area contributed by atoms with Crippen LogP contribution in [-0.4, -0.2) is 28.0 Å². The summed E-state index contributed by atoms with van der Waals surface area (Å²) in [4.78, 5) is 12.2. The minimum absolute atomic E-state index is 0.229. The van der Waals surface area contributed by atoms with Crippen molar-refractivity contribution in [3.05, 3.63) is 29.3 Å². The highest BCUT2D eigenvalue weighted by Crippen LogP contribution is 2.26. The first-order valence-corrected chi connectivity index (χ1v) is 9.30. The number of hydrogen-bond donors (Lipinski definition) is 1. The van der Waals surface area contributed by atoms with Crippen LogP contribution in [0.2, 0.25) is 0 Å². The van der Waals surface area contributed by atoms with E-state index in [1.807, 2.05) is 26.0 Å². The van der Waals surface area contributed by atoms with Crippen molar-refractivity contribution in [3.63, 3.8) is 0 Å². The molecule has 0 saturated carbocycles. The van der Waals surface area contributed by atoms with E-state index in [1.54, 1.807) is 18.7 Å². The van der Waals surface area contributed by atoms with Gasteiger partial charge in [0.25, 0.3) is 5.91 Å². The van der Waals surface area contributed by atoms with E-state index < -0.39 is 6.10 Å². The molecule has 2 aromatic rings. The summed E-state index contributed by atoms with van der Waals surface area (Å²) < 4.78 is 6.59. The maximum absolute atomic E-state index is 12.2. The van der Waals surface area contributed by atoms with E-state index in [0.717, 1.165) is 27.6 Å². The number of aryl methyl sites for hydroxylation is 2. The molecule has 0 fully saturated rings. The Hall–Kier alpha value is -1.60. The number of hydrogen-bond acceptors (Lipinski definition) is 6. The minimum Gasteiger partial charge on any atom is -0.481 e. The summed E-state index contributed by atoms with van der Waals surface area (Å²) in [6, 6.07) is 5.90. The third-order valence-electron chi connectivity index (χ3n) is 2.94. The van der Waals surface area contributed by atoms with Crippen molar-refractivity contribution in [1.29, 1.82) is 0 Å². The van der Waals surface area contributed by atoms with Gasteiger partial charge < -0.3 is 4.74 Å². The number of benzene rings is 1. The van der Waals surface area contributed by atoms with Gasteiger partial charge in [0, 0.05) is 5.75 Å². The van der Waals surface area contributed by atoms with Gasteiger partial charge in [-0.25, -0.2) is 0 Å². The number of thioether (sulfide) groups is 1. The maximum Gasteiger partial charge on any atom is 0.266 e. The normalized spacial score (nSPS) is 12.0. The molecule has 0 aliphatic heterocycles. The first-order chi connectivity index (χ1) is 11.0. The summed E-state index contributed by atoms with van der Waals surface area (Å²) in [5.41, 5.74) is 2.21. The molecule has 1 atom stereocenters. The van der Waals surface area contributed by atoms with Crippen molar-refractivity contribution in [2.45, 2.75) is 44.6 Å². The summed E-state index contributed by atoms with van der Waals surface area (Å²) >= 11 is 3.03. The van der Waals surface area contributed by atoms with Crippen molar-refractivity contribution >= 4 is 34.1 Å². The molecule has 1 aromatic carbocycles. The van der Waals surface area contributed by atoms with Gasteiger partial charge in [0.05, 0.1) is 0 Å². The predicted octanol–water partition coefficient (Wildman–Crippen LogP) is 4.06. The van der Waals surface area contributed by atoms with E-state index in [9.17, 15) is 4.79 Å². The van der Waals surface area contributed by atoms with Crippen molar-refractivity contribution < 1.29 is 9.53 Å². The Kier molecular flexibility index (Phi) is 6.41. The predicted molar refractivity (Wildman–Crippen MR) is 95.6 cm³/mol. The van der Waals surface area contributed by atoms with Crippen LogP contribution in [0.15, 0.2) is 22.5 Å². The molecule has 0 bridgehead atoms. The van der Waals surface area contributed by atoms with E-state index >= 15 is 0 Å². The molecule has 124 valence electrons. The Morgan fingerprint density at radius 3 is 2.65 bits per heavy atom. The molecule has 1 N–H and O–H groups in total. The first-order valence-electron chi connectivity index (χ1n) is 7.50. The number of aromatic nitrogens is 2. The van der Waals surface area contributed by atoms with Gasteiger partial charge in [0.1, 0.15) is 5.75 Å². The van der Waals surface area contributed by atoms with Crippen LogP contribution in [0.1, 0.15) is 31.4 Å². The number of carbonyl (C=O) groups excluding carboxylic acids is 1. The average molecular weight is 351 g/mol. The fraction of sp³-hybridized carbons (Fsp3) is 0.438. The number of nitrogens with one attached hydrogen (secondary N) is 1. The molecule has 0 unspecified atom stereocenters. The maximum atomic E-state index is 12.2. The highest BCUT2D eigenvalue weighted by atomic mass is 32.2. The van der Waals surface area contributed by atoms with E-state index in [4.69, 9.17) is 4.74 Å². The molecule has 1 amide bonds. The van der Waals surface area contributed by atoms with Crippen LogP contribution in [0.4, 0.5) is 5.13 Å². The molecule has 0 saturated heterocycles. The van der Waals surface area contributed by atoms with Crippen molar-refractivity contribution in [3.8, 4) is 5.75 Å². The molecule has 2 rings (SSSR count). The first kappa shape index (κ1) is 17.7. The van der Waals surface area contributed by atoms with E-state index in [0.29, 0.717) is 10.9 Å². The molecule has 0 aliphatic rings. The summed E-state index contributed by atoms with van der Waals surface area (Å²) in [5.74, 6) is 1.46. The second kappa shape index (κ2) is 8.31. The van der Waals surface area contributed by atoms with Crippen LogP contribution < -0.4 is 10.1 Å². The third kappa shape index (κ3) is 5.51. The fourth-order valence-corrected chi connectivity index (χ4v) is 3.65. The van der Waals surface area contributed by atoms with Gasteiger partial charge in [-0.05, 0) is 50.5 Å². The lowest BCUT2D eigenvalue weighted by Gasteiger charge is -2.14. The van der Waals surface area contributed by atoms with Crippen molar-refractivity contribution in [2.75, 3.05) is 11.1 Å². The summed E-state index contributed by atoms with van der Waals surface area (Å²) in [6.45, 7) is 7.84. The van der Waals surface area contributed by atoms with Gasteiger partial charge in [0.2, 0.25) is 5.13 Å². The zero-order valence-electron chi connectivity index (χ0n) is 13.8. The van der Waals surface area contributed by atoms with Crippen LogP contribution in [-0.2, 0) is 4.79 Å². The molecule has 0 radical (unpaired) electrons. The lowest BCUT2D eigenvalue weighted by atomic mass is 10.1. The molecule has 1 heterocycles. The van der Waals surface area contributed by atoms with Crippen molar-refractivity contribution in [2.24, 2.45) is 0 Å². The number of ether oxygens (including phenoxy) is 1. The lowest BCUT2D eigenvalue weighted by Crippen LogP contribution is -2.30. The molecule has 7 heteroatoms. The Labute approximate surface area is 144 Å². The van der Waals surface area contributed by atoms with Crippen LogP contribution in [0, 0.1) is 13.8 Å². The molecule has 5 nitrogen and oxygen atoms in total. The monoisotopic (exact) mass is 351 g/mol. The highest BCUT2D eigenvalue weighted by molar-refractivity contribution is 8.01. The topological polar surface area (TPSA) is 64.1 Å². The number of carbonyl (C=O) groups is 1. The second-order valence-electron chi connectivity index (χ2n) is 5.29. The average Bonchev–Trinajstić information content (AvgIpc) is 2.91. The van der Waals surface area contributed by atoms with Gasteiger partial charge in [-0.3, -0.25) is 10.1 Å². The van der Waals surface area contributed by atoms with Crippen molar-refractivity contribution in [1.82, 2.24) is 10.2 Å². The third-order valence-corrected chi connectivity index (χ3v) is 5.12. The summed E-state index contributed by atoms with van der Waals surface area (Å²) in [7, 11) is 0. The van der Waals surface area contributed by atoms with Gasteiger partial charge in [-0.1, -0.05) is 36.1 Å². The lowest BCUT2D eigenvalue weighted by molar-refractivity contribution is -0.122. The van der Waals surface area contributed by atoms with E-state index in [-0.39, 0.29) is 5.91 Å². The van der Waals surface area contributed by atoms with Gasteiger partial charge in [0.15, 0.2) is 10.4 Å². The zero-order chi connectivity index (χ0) is 16.8. The largest absolute Gasteiger partial charge is 0.481 e. The smallest absolute Gasteiger partial charge is 0.266 e. The molecule has 0 spiro atoms. The molecule has 0 aliphatic carbocycles.